The standard InChI is InChI=1S/C10H8ClNO3S.Na.H/c1-7(13)10(6-12)16(14,15)9-4-2-8(11)3-5-9;;/h2-5,13H,1H3;;/q;+1;-1. The third kappa shape index (κ3) is 3.73. The molecule has 17 heavy (non-hydrogen) atoms. The van der Waals surface area contributed by atoms with Crippen molar-refractivity contribution in [2.75, 3.05) is 0 Å². The van der Waals surface area contributed by atoms with Crippen molar-refractivity contribution in [2.45, 2.75) is 11.8 Å². The average Bonchev–Trinajstić information content (AvgIpc) is 2.18. The minimum Gasteiger partial charge on any atom is -1.00 e. The summed E-state index contributed by atoms with van der Waals surface area (Å²) in [7, 11) is -3.96. The van der Waals surface area contributed by atoms with E-state index in [9.17, 15) is 8.42 Å². The van der Waals surface area contributed by atoms with E-state index in [1.807, 2.05) is 0 Å². The molecule has 0 heterocycles. The van der Waals surface area contributed by atoms with E-state index in [0.29, 0.717) is 5.02 Å². The number of aliphatic hydroxyl groups is 1. The fourth-order valence-electron chi connectivity index (χ4n) is 1.07. The van der Waals surface area contributed by atoms with E-state index in [0.717, 1.165) is 6.92 Å². The second-order valence-electron chi connectivity index (χ2n) is 2.98. The van der Waals surface area contributed by atoms with Gasteiger partial charge in [0.1, 0.15) is 11.8 Å². The van der Waals surface area contributed by atoms with Crippen molar-refractivity contribution >= 4 is 21.4 Å². The predicted octanol–water partition coefficient (Wildman–Crippen LogP) is -0.457. The van der Waals surface area contributed by atoms with Crippen LogP contribution < -0.4 is 29.6 Å². The fraction of sp³-hybridized carbons (Fsp3) is 0.100. The van der Waals surface area contributed by atoms with Gasteiger partial charge in [-0.15, -0.1) is 0 Å². The summed E-state index contributed by atoms with van der Waals surface area (Å²) < 4.78 is 23.7. The Hall–Kier alpha value is -0.510. The van der Waals surface area contributed by atoms with Gasteiger partial charge < -0.3 is 6.53 Å². The van der Waals surface area contributed by atoms with Gasteiger partial charge >= 0.3 is 29.6 Å². The normalized spacial score (nSPS) is 12.1. The fourth-order valence-corrected chi connectivity index (χ4v) is 2.43. The average molecular weight is 282 g/mol. The molecule has 1 rings (SSSR count). The van der Waals surface area contributed by atoms with Gasteiger partial charge in [0.2, 0.25) is 9.84 Å². The van der Waals surface area contributed by atoms with Gasteiger partial charge in [0, 0.05) is 5.02 Å². The largest absolute Gasteiger partial charge is 1.00 e. The number of benzene rings is 1. The van der Waals surface area contributed by atoms with Gasteiger partial charge in [-0.3, -0.25) is 0 Å². The first-order valence-corrected chi connectivity index (χ1v) is 6.06. The molecular weight excluding hydrogens is 273 g/mol. The van der Waals surface area contributed by atoms with Crippen LogP contribution in [0.2, 0.25) is 5.02 Å². The first-order valence-electron chi connectivity index (χ1n) is 4.20. The number of nitriles is 1. The summed E-state index contributed by atoms with van der Waals surface area (Å²) in [6, 6.07) is 6.81. The molecule has 0 radical (unpaired) electrons. The van der Waals surface area contributed by atoms with Crippen LogP contribution >= 0.6 is 11.6 Å². The molecule has 0 aliphatic rings. The molecular formula is C10H9ClNNaO3S. The number of rotatable bonds is 2. The first-order chi connectivity index (χ1) is 7.39. The van der Waals surface area contributed by atoms with E-state index in [2.05, 4.69) is 0 Å². The van der Waals surface area contributed by atoms with Crippen molar-refractivity contribution in [3.8, 4) is 6.07 Å². The van der Waals surface area contributed by atoms with Gasteiger partial charge in [-0.2, -0.15) is 5.26 Å². The van der Waals surface area contributed by atoms with Crippen molar-refractivity contribution in [1.29, 1.82) is 5.26 Å². The number of aliphatic hydroxyl groups excluding tert-OH is 1. The van der Waals surface area contributed by atoms with Gasteiger partial charge in [-0.25, -0.2) is 8.42 Å². The molecule has 1 aromatic rings. The van der Waals surface area contributed by atoms with Gasteiger partial charge in [0.15, 0.2) is 4.91 Å². The molecule has 0 saturated carbocycles. The number of nitrogens with zero attached hydrogens (tertiary/aromatic N) is 1. The van der Waals surface area contributed by atoms with E-state index in [-0.39, 0.29) is 35.9 Å². The topological polar surface area (TPSA) is 78.2 Å². The molecule has 0 amide bonds. The van der Waals surface area contributed by atoms with E-state index in [1.54, 1.807) is 0 Å². The zero-order valence-corrected chi connectivity index (χ0v) is 12.9. The second kappa shape index (κ2) is 6.43. The predicted molar refractivity (Wildman–Crippen MR) is 60.7 cm³/mol. The molecule has 1 N–H and O–H groups in total. The summed E-state index contributed by atoms with van der Waals surface area (Å²) in [6.07, 6.45) is 0. The Kier molecular flexibility index (Phi) is 6.24. The Bertz CT molecular complexity index is 574. The summed E-state index contributed by atoms with van der Waals surface area (Å²) >= 11 is 5.62. The molecule has 0 fully saturated rings. The van der Waals surface area contributed by atoms with Crippen LogP contribution in [0.5, 0.6) is 0 Å². The summed E-state index contributed by atoms with van der Waals surface area (Å²) in [6.45, 7) is 1.14. The molecule has 4 nitrogen and oxygen atoms in total. The van der Waals surface area contributed by atoms with Gasteiger partial charge in [0.05, 0.1) is 4.90 Å². The molecule has 0 bridgehead atoms. The van der Waals surface area contributed by atoms with Crippen molar-refractivity contribution in [2.24, 2.45) is 0 Å². The summed E-state index contributed by atoms with van der Waals surface area (Å²) in [4.78, 5) is -0.739. The Morgan fingerprint density at radius 1 is 1.41 bits per heavy atom. The van der Waals surface area contributed by atoms with Gasteiger partial charge in [-0.05, 0) is 31.2 Å². The van der Waals surface area contributed by atoms with Crippen LogP contribution in [0, 0.1) is 11.3 Å². The molecule has 0 unspecified atom stereocenters. The Morgan fingerprint density at radius 2 is 1.88 bits per heavy atom. The Balaban J connectivity index is 0. The van der Waals surface area contributed by atoms with Crippen LogP contribution in [0.4, 0.5) is 0 Å². The van der Waals surface area contributed by atoms with Crippen LogP contribution in [-0.4, -0.2) is 13.5 Å². The number of hydrogen-bond donors (Lipinski definition) is 1. The van der Waals surface area contributed by atoms with Crippen LogP contribution in [0.15, 0.2) is 39.8 Å². The van der Waals surface area contributed by atoms with Crippen LogP contribution in [0.25, 0.3) is 0 Å². The maximum Gasteiger partial charge on any atom is 1.00 e. The Morgan fingerprint density at radius 3 is 2.24 bits per heavy atom. The number of halogens is 1. The molecule has 0 atom stereocenters. The molecule has 0 saturated heterocycles. The van der Waals surface area contributed by atoms with Crippen molar-refractivity contribution in [3.63, 3.8) is 0 Å². The van der Waals surface area contributed by atoms with Crippen molar-refractivity contribution < 1.29 is 44.5 Å². The molecule has 0 spiro atoms. The molecule has 0 aliphatic heterocycles. The summed E-state index contributed by atoms with van der Waals surface area (Å²) in [5.74, 6) is -0.530. The third-order valence-corrected chi connectivity index (χ3v) is 3.89. The SMILES string of the molecule is CC(O)=C(C#N)S(=O)(=O)c1ccc(Cl)cc1.[H-].[Na+]. The Labute approximate surface area is 128 Å². The molecule has 0 aliphatic carbocycles. The van der Waals surface area contributed by atoms with Crippen LogP contribution in [0.1, 0.15) is 8.35 Å². The summed E-state index contributed by atoms with van der Waals surface area (Å²) in [5, 5.41) is 18.2. The minimum absolute atomic E-state index is 0. The van der Waals surface area contributed by atoms with Crippen LogP contribution in [0.3, 0.4) is 0 Å². The van der Waals surface area contributed by atoms with E-state index in [1.165, 1.54) is 30.3 Å². The maximum absolute atomic E-state index is 11.8. The smallest absolute Gasteiger partial charge is 1.00 e. The monoisotopic (exact) mass is 281 g/mol. The van der Waals surface area contributed by atoms with E-state index < -0.39 is 20.5 Å². The zero-order valence-electron chi connectivity index (χ0n) is 10.3. The number of sulfone groups is 1. The first kappa shape index (κ1) is 16.5. The quantitative estimate of drug-likeness (QED) is 0.452. The maximum atomic E-state index is 11.8. The third-order valence-electron chi connectivity index (χ3n) is 1.82. The van der Waals surface area contributed by atoms with Crippen molar-refractivity contribution in [1.82, 2.24) is 0 Å². The number of allylic oxidation sites excluding steroid dienone is 2. The minimum atomic E-state index is -3.96. The molecule has 7 heteroatoms. The zero-order chi connectivity index (χ0) is 12.3. The van der Waals surface area contributed by atoms with E-state index >= 15 is 0 Å². The van der Waals surface area contributed by atoms with Crippen molar-refractivity contribution in [3.05, 3.63) is 40.0 Å². The number of hydrogen-bond acceptors (Lipinski definition) is 4. The molecule has 86 valence electrons. The molecule has 1 aromatic carbocycles. The molecule has 0 aromatic heterocycles. The summed E-state index contributed by atoms with van der Waals surface area (Å²) in [5.41, 5.74) is 0. The van der Waals surface area contributed by atoms with Gasteiger partial charge in [0.25, 0.3) is 0 Å². The second-order valence-corrected chi connectivity index (χ2v) is 5.31. The van der Waals surface area contributed by atoms with Crippen LogP contribution in [-0.2, 0) is 9.84 Å². The van der Waals surface area contributed by atoms with E-state index in [4.69, 9.17) is 22.0 Å². The van der Waals surface area contributed by atoms with Gasteiger partial charge in [-0.1, -0.05) is 11.6 Å².